The summed E-state index contributed by atoms with van der Waals surface area (Å²) in [6, 6.07) is 8.22. The number of aromatic carboxylic acids is 1. The second-order valence-corrected chi connectivity index (χ2v) is 9.88. The number of nitriles is 1. The molecule has 0 aliphatic heterocycles. The first-order valence-corrected chi connectivity index (χ1v) is 11.6. The number of hydrogen-bond donors (Lipinski definition) is 1. The van der Waals surface area contributed by atoms with E-state index in [9.17, 15) is 28.0 Å². The van der Waals surface area contributed by atoms with E-state index in [-0.39, 0.29) is 27.5 Å². The first-order valence-electron chi connectivity index (χ1n) is 9.02. The van der Waals surface area contributed by atoms with Crippen LogP contribution in [-0.4, -0.2) is 24.5 Å². The molecule has 3 aromatic rings. The van der Waals surface area contributed by atoms with Gasteiger partial charge in [0.25, 0.3) is 0 Å². The highest BCUT2D eigenvalue weighted by Crippen LogP contribution is 2.44. The van der Waals surface area contributed by atoms with Gasteiger partial charge in [0.15, 0.2) is 9.84 Å². The van der Waals surface area contributed by atoms with E-state index in [4.69, 9.17) is 0 Å². The largest absolute Gasteiger partial charge is 0.478 e. The standard InChI is InChI=1S/C21H15FN2O4S2/c22-18-9-17(20-24-5-6-29-20)15(7-14(18)10-23)11-30(27,28)19-8-13(21(25)26)3-4-16(19)12-1-2-12/h3-9,12H,1-2,11H2,(H,25,26). The minimum absolute atomic E-state index is 0.0298. The molecule has 0 atom stereocenters. The third-order valence-corrected chi connectivity index (χ3v) is 7.46. The van der Waals surface area contributed by atoms with Crippen LogP contribution in [-0.2, 0) is 15.6 Å². The maximum Gasteiger partial charge on any atom is 0.335 e. The first-order chi connectivity index (χ1) is 14.3. The van der Waals surface area contributed by atoms with Crippen LogP contribution in [0.1, 0.15) is 45.8 Å². The lowest BCUT2D eigenvalue weighted by molar-refractivity contribution is 0.0696. The van der Waals surface area contributed by atoms with Gasteiger partial charge < -0.3 is 5.11 Å². The molecule has 1 N–H and O–H groups in total. The molecule has 1 saturated carbocycles. The fourth-order valence-electron chi connectivity index (χ4n) is 3.33. The zero-order chi connectivity index (χ0) is 21.5. The molecule has 0 amide bonds. The Morgan fingerprint density at radius 2 is 2.07 bits per heavy atom. The minimum Gasteiger partial charge on any atom is -0.478 e. The zero-order valence-corrected chi connectivity index (χ0v) is 17.1. The van der Waals surface area contributed by atoms with Gasteiger partial charge in [0, 0.05) is 17.1 Å². The second kappa shape index (κ2) is 7.63. The molecule has 1 aliphatic rings. The Hall–Kier alpha value is -3.09. The van der Waals surface area contributed by atoms with Crippen molar-refractivity contribution in [1.29, 1.82) is 5.26 Å². The number of nitrogens with zero attached hydrogens (tertiary/aromatic N) is 2. The van der Waals surface area contributed by atoms with Crippen molar-refractivity contribution in [2.45, 2.75) is 29.4 Å². The van der Waals surface area contributed by atoms with Crippen LogP contribution < -0.4 is 0 Å². The summed E-state index contributed by atoms with van der Waals surface area (Å²) in [5.74, 6) is -2.39. The van der Waals surface area contributed by atoms with Crippen LogP contribution in [0.25, 0.3) is 10.6 Å². The van der Waals surface area contributed by atoms with E-state index in [1.165, 1.54) is 35.7 Å². The van der Waals surface area contributed by atoms with E-state index in [0.717, 1.165) is 18.9 Å². The number of carbonyl (C=O) groups is 1. The summed E-state index contributed by atoms with van der Waals surface area (Å²) in [6.07, 6.45) is 3.21. The SMILES string of the molecule is N#Cc1cc(CS(=O)(=O)c2cc(C(=O)O)ccc2C2CC2)c(-c2nccs2)cc1F. The van der Waals surface area contributed by atoms with Gasteiger partial charge in [-0.25, -0.2) is 22.6 Å². The lowest BCUT2D eigenvalue weighted by atomic mass is 10.1. The monoisotopic (exact) mass is 442 g/mol. The predicted molar refractivity (Wildman–Crippen MR) is 108 cm³/mol. The molecule has 1 heterocycles. The van der Waals surface area contributed by atoms with Crippen LogP contribution in [0.2, 0.25) is 0 Å². The van der Waals surface area contributed by atoms with Gasteiger partial charge in [0.05, 0.1) is 21.8 Å². The highest BCUT2D eigenvalue weighted by atomic mass is 32.2. The molecule has 0 spiro atoms. The highest BCUT2D eigenvalue weighted by molar-refractivity contribution is 7.90. The van der Waals surface area contributed by atoms with Crippen molar-refractivity contribution in [3.8, 4) is 16.6 Å². The van der Waals surface area contributed by atoms with Crippen molar-refractivity contribution in [3.63, 3.8) is 0 Å². The summed E-state index contributed by atoms with van der Waals surface area (Å²) >= 11 is 1.23. The van der Waals surface area contributed by atoms with Crippen LogP contribution in [0.4, 0.5) is 4.39 Å². The molecule has 0 saturated heterocycles. The number of thiazole rings is 1. The van der Waals surface area contributed by atoms with Gasteiger partial charge in [-0.15, -0.1) is 11.3 Å². The topological polar surface area (TPSA) is 108 Å². The predicted octanol–water partition coefficient (Wildman–Crippen LogP) is 4.37. The average molecular weight is 442 g/mol. The molecular formula is C21H15FN2O4S2. The summed E-state index contributed by atoms with van der Waals surface area (Å²) < 4.78 is 40.9. The molecule has 1 aliphatic carbocycles. The van der Waals surface area contributed by atoms with Gasteiger partial charge in [0.1, 0.15) is 16.9 Å². The van der Waals surface area contributed by atoms with E-state index in [0.29, 0.717) is 16.1 Å². The van der Waals surface area contributed by atoms with Crippen molar-refractivity contribution < 1.29 is 22.7 Å². The molecule has 9 heteroatoms. The number of rotatable bonds is 6. The molecule has 0 radical (unpaired) electrons. The Balaban J connectivity index is 1.84. The molecule has 30 heavy (non-hydrogen) atoms. The van der Waals surface area contributed by atoms with E-state index in [1.54, 1.807) is 17.5 Å². The Morgan fingerprint density at radius 3 is 2.67 bits per heavy atom. The Kier molecular flexibility index (Phi) is 5.13. The van der Waals surface area contributed by atoms with Gasteiger partial charge >= 0.3 is 5.97 Å². The third kappa shape index (κ3) is 3.84. The minimum atomic E-state index is -3.97. The van der Waals surface area contributed by atoms with Gasteiger partial charge in [-0.1, -0.05) is 6.07 Å². The van der Waals surface area contributed by atoms with Crippen LogP contribution in [0.15, 0.2) is 46.8 Å². The first kappa shape index (κ1) is 20.2. The summed E-state index contributed by atoms with van der Waals surface area (Å²) in [6.45, 7) is 0. The summed E-state index contributed by atoms with van der Waals surface area (Å²) in [4.78, 5) is 15.5. The number of carboxylic acids is 1. The van der Waals surface area contributed by atoms with Crippen LogP contribution in [0.5, 0.6) is 0 Å². The lowest BCUT2D eigenvalue weighted by Crippen LogP contribution is -2.11. The summed E-state index contributed by atoms with van der Waals surface area (Å²) in [5.41, 5.74) is 0.758. The summed E-state index contributed by atoms with van der Waals surface area (Å²) in [7, 11) is -3.97. The fraction of sp³-hybridized carbons (Fsp3) is 0.190. The Bertz CT molecular complexity index is 1290. The number of benzene rings is 2. The molecule has 1 aromatic heterocycles. The molecule has 6 nitrogen and oxygen atoms in total. The number of halogens is 1. The van der Waals surface area contributed by atoms with E-state index < -0.39 is 27.4 Å². The van der Waals surface area contributed by atoms with E-state index in [1.807, 2.05) is 0 Å². The fourth-order valence-corrected chi connectivity index (χ4v) is 5.72. The van der Waals surface area contributed by atoms with Crippen LogP contribution in [0.3, 0.4) is 0 Å². The van der Waals surface area contributed by atoms with Gasteiger partial charge in [-0.2, -0.15) is 5.26 Å². The van der Waals surface area contributed by atoms with E-state index >= 15 is 0 Å². The second-order valence-electron chi connectivity index (χ2n) is 7.03. The molecule has 152 valence electrons. The molecular weight excluding hydrogens is 427 g/mol. The van der Waals surface area contributed by atoms with Crippen LogP contribution >= 0.6 is 11.3 Å². The third-order valence-electron chi connectivity index (χ3n) is 4.93. The van der Waals surface area contributed by atoms with Crippen LogP contribution in [0, 0.1) is 17.1 Å². The molecule has 0 bridgehead atoms. The molecule has 1 fully saturated rings. The lowest BCUT2D eigenvalue weighted by Gasteiger charge is -2.14. The molecule has 4 rings (SSSR count). The van der Waals surface area contributed by atoms with Crippen molar-refractivity contribution in [2.75, 3.05) is 0 Å². The van der Waals surface area contributed by atoms with Gasteiger partial charge in [0.2, 0.25) is 0 Å². The smallest absolute Gasteiger partial charge is 0.335 e. The zero-order valence-electron chi connectivity index (χ0n) is 15.5. The maximum atomic E-state index is 14.2. The highest BCUT2D eigenvalue weighted by Gasteiger charge is 2.32. The number of hydrogen-bond acceptors (Lipinski definition) is 6. The van der Waals surface area contributed by atoms with Crippen molar-refractivity contribution in [3.05, 3.63) is 70.0 Å². The number of carboxylic acid groups (broad SMARTS) is 1. The van der Waals surface area contributed by atoms with E-state index in [2.05, 4.69) is 4.98 Å². The maximum absolute atomic E-state index is 14.2. The van der Waals surface area contributed by atoms with Gasteiger partial charge in [-0.3, -0.25) is 0 Å². The molecule has 0 unspecified atom stereocenters. The Labute approximate surface area is 176 Å². The van der Waals surface area contributed by atoms with Crippen molar-refractivity contribution in [2.24, 2.45) is 0 Å². The average Bonchev–Trinajstić information content (AvgIpc) is 3.42. The normalized spacial score (nSPS) is 13.7. The quantitative estimate of drug-likeness (QED) is 0.607. The van der Waals surface area contributed by atoms with Crippen molar-refractivity contribution >= 4 is 27.1 Å². The molecule has 2 aromatic carbocycles. The van der Waals surface area contributed by atoms with Crippen molar-refractivity contribution in [1.82, 2.24) is 4.98 Å². The number of aromatic nitrogens is 1. The van der Waals surface area contributed by atoms with Gasteiger partial charge in [-0.05, 0) is 54.2 Å². The Morgan fingerprint density at radius 1 is 1.30 bits per heavy atom. The summed E-state index contributed by atoms with van der Waals surface area (Å²) in [5, 5.41) is 20.6. The number of sulfone groups is 1.